The molecule has 0 aromatic rings. The molecule has 0 heterocycles. The fourth-order valence-electron chi connectivity index (χ4n) is 7.25. The summed E-state index contributed by atoms with van der Waals surface area (Å²) in [7, 11) is 0. The van der Waals surface area contributed by atoms with Crippen LogP contribution in [-0.4, -0.2) is 22.8 Å². The SMILES string of the molecule is C=C1C[C@@]2(CC)[C@@H](CC[C@@]2(O)CC=O)[C@@H]2CCC3=CC(=O)CC[C@@H]3[C@@H]12. The lowest BCUT2D eigenvalue weighted by atomic mass is 9.48. The Bertz CT molecular complexity index is 648. The van der Waals surface area contributed by atoms with Gasteiger partial charge < -0.3 is 9.90 Å². The van der Waals surface area contributed by atoms with Crippen LogP contribution in [0.25, 0.3) is 0 Å². The zero-order valence-corrected chi connectivity index (χ0v) is 15.3. The van der Waals surface area contributed by atoms with E-state index >= 15 is 0 Å². The molecule has 0 unspecified atom stereocenters. The van der Waals surface area contributed by atoms with Crippen molar-refractivity contribution in [1.82, 2.24) is 0 Å². The fraction of sp³-hybridized carbons (Fsp3) is 0.727. The second-order valence-corrected chi connectivity index (χ2v) is 8.95. The van der Waals surface area contributed by atoms with E-state index in [1.54, 1.807) is 0 Å². The summed E-state index contributed by atoms with van der Waals surface area (Å²) >= 11 is 0. The number of allylic oxidation sites excluding steroid dienone is 2. The normalized spacial score (nSPS) is 46.1. The van der Waals surface area contributed by atoms with Crippen molar-refractivity contribution in [2.45, 2.75) is 70.3 Å². The van der Waals surface area contributed by atoms with Crippen LogP contribution in [0.5, 0.6) is 0 Å². The summed E-state index contributed by atoms with van der Waals surface area (Å²) < 4.78 is 0. The van der Waals surface area contributed by atoms with Crippen molar-refractivity contribution in [3.8, 4) is 0 Å². The Morgan fingerprint density at radius 2 is 2.12 bits per heavy atom. The van der Waals surface area contributed by atoms with Crippen molar-refractivity contribution in [1.29, 1.82) is 0 Å². The highest BCUT2D eigenvalue weighted by molar-refractivity contribution is 5.91. The Morgan fingerprint density at radius 1 is 1.32 bits per heavy atom. The molecule has 0 radical (unpaired) electrons. The summed E-state index contributed by atoms with van der Waals surface area (Å²) in [6, 6.07) is 0. The summed E-state index contributed by atoms with van der Waals surface area (Å²) in [5.74, 6) is 2.28. The third-order valence-corrected chi connectivity index (χ3v) is 8.27. The Kier molecular flexibility index (Phi) is 4.06. The average Bonchev–Trinajstić information content (AvgIpc) is 2.87. The molecule has 4 aliphatic carbocycles. The predicted octanol–water partition coefficient (Wildman–Crippen LogP) is 4.00. The van der Waals surface area contributed by atoms with E-state index in [0.29, 0.717) is 30.1 Å². The number of carbonyl (C=O) groups is 2. The highest BCUT2D eigenvalue weighted by Gasteiger charge is 2.64. The van der Waals surface area contributed by atoms with Crippen molar-refractivity contribution in [2.75, 3.05) is 0 Å². The number of fused-ring (bicyclic) bond motifs is 5. The van der Waals surface area contributed by atoms with Gasteiger partial charge in [0.2, 0.25) is 0 Å². The second kappa shape index (κ2) is 5.90. The fourth-order valence-corrected chi connectivity index (χ4v) is 7.25. The second-order valence-electron chi connectivity index (χ2n) is 8.95. The molecule has 25 heavy (non-hydrogen) atoms. The average molecular weight is 342 g/mol. The van der Waals surface area contributed by atoms with E-state index in [0.717, 1.165) is 51.2 Å². The van der Waals surface area contributed by atoms with Crippen molar-refractivity contribution in [2.24, 2.45) is 29.1 Å². The molecule has 4 rings (SSSR count). The minimum atomic E-state index is -0.860. The lowest BCUT2D eigenvalue weighted by Crippen LogP contribution is -2.54. The maximum atomic E-state index is 11.8. The number of carbonyl (C=O) groups excluding carboxylic acids is 2. The topological polar surface area (TPSA) is 54.4 Å². The lowest BCUT2D eigenvalue weighted by Gasteiger charge is -2.57. The van der Waals surface area contributed by atoms with Crippen LogP contribution in [0.2, 0.25) is 0 Å². The van der Waals surface area contributed by atoms with E-state index in [-0.39, 0.29) is 17.6 Å². The number of aldehydes is 1. The number of ketones is 1. The maximum Gasteiger partial charge on any atom is 0.155 e. The van der Waals surface area contributed by atoms with Gasteiger partial charge >= 0.3 is 0 Å². The van der Waals surface area contributed by atoms with Gasteiger partial charge in [-0.3, -0.25) is 4.79 Å². The van der Waals surface area contributed by atoms with Crippen LogP contribution in [0.1, 0.15) is 64.7 Å². The van der Waals surface area contributed by atoms with Gasteiger partial charge in [0, 0.05) is 18.3 Å². The Hall–Kier alpha value is -1.22. The molecule has 3 saturated carbocycles. The van der Waals surface area contributed by atoms with Gasteiger partial charge in [-0.2, -0.15) is 0 Å². The summed E-state index contributed by atoms with van der Waals surface area (Å²) in [4.78, 5) is 23.1. The van der Waals surface area contributed by atoms with Gasteiger partial charge in [-0.15, -0.1) is 0 Å². The Labute approximate surface area is 150 Å². The molecular formula is C22H30O3. The lowest BCUT2D eigenvalue weighted by molar-refractivity contribution is -0.132. The van der Waals surface area contributed by atoms with Crippen LogP contribution in [0.3, 0.4) is 0 Å². The van der Waals surface area contributed by atoms with Gasteiger partial charge in [-0.05, 0) is 74.7 Å². The van der Waals surface area contributed by atoms with Gasteiger partial charge in [0.25, 0.3) is 0 Å². The molecule has 0 spiro atoms. The largest absolute Gasteiger partial charge is 0.389 e. The summed E-state index contributed by atoms with van der Waals surface area (Å²) in [6.45, 7) is 6.65. The zero-order chi connectivity index (χ0) is 17.8. The van der Waals surface area contributed by atoms with Crippen LogP contribution in [-0.2, 0) is 9.59 Å². The first kappa shape index (κ1) is 17.2. The Balaban J connectivity index is 1.72. The van der Waals surface area contributed by atoms with Gasteiger partial charge in [-0.1, -0.05) is 24.6 Å². The summed E-state index contributed by atoms with van der Waals surface area (Å²) in [5, 5.41) is 11.4. The minimum Gasteiger partial charge on any atom is -0.389 e. The van der Waals surface area contributed by atoms with Crippen LogP contribution in [0.15, 0.2) is 23.8 Å². The number of hydrogen-bond acceptors (Lipinski definition) is 3. The van der Waals surface area contributed by atoms with Crippen LogP contribution in [0.4, 0.5) is 0 Å². The van der Waals surface area contributed by atoms with E-state index < -0.39 is 5.60 Å². The molecule has 136 valence electrons. The van der Waals surface area contributed by atoms with E-state index in [2.05, 4.69) is 13.5 Å². The van der Waals surface area contributed by atoms with Crippen molar-refractivity contribution >= 4 is 12.1 Å². The number of hydrogen-bond donors (Lipinski definition) is 1. The zero-order valence-electron chi connectivity index (χ0n) is 15.3. The van der Waals surface area contributed by atoms with E-state index in [4.69, 9.17) is 0 Å². The number of rotatable bonds is 3. The van der Waals surface area contributed by atoms with E-state index in [1.807, 2.05) is 6.08 Å². The van der Waals surface area contributed by atoms with Crippen LogP contribution < -0.4 is 0 Å². The molecule has 4 aliphatic rings. The Morgan fingerprint density at radius 3 is 2.84 bits per heavy atom. The first-order valence-electron chi connectivity index (χ1n) is 10.0. The molecule has 0 aliphatic heterocycles. The molecule has 0 saturated heterocycles. The van der Waals surface area contributed by atoms with Crippen LogP contribution >= 0.6 is 0 Å². The molecule has 0 amide bonds. The quantitative estimate of drug-likeness (QED) is 0.623. The van der Waals surface area contributed by atoms with Gasteiger partial charge in [0.15, 0.2) is 5.78 Å². The molecule has 1 N–H and O–H groups in total. The third-order valence-electron chi connectivity index (χ3n) is 8.27. The van der Waals surface area contributed by atoms with E-state index in [1.165, 1.54) is 11.1 Å². The van der Waals surface area contributed by atoms with Crippen molar-refractivity contribution < 1.29 is 14.7 Å². The molecule has 3 fully saturated rings. The first-order valence-corrected chi connectivity index (χ1v) is 10.0. The monoisotopic (exact) mass is 342 g/mol. The standard InChI is InChI=1S/C22H30O3/c1-3-21-13-14(2)20-17-7-5-16(24)12-15(17)4-6-18(20)19(21)8-9-22(21,25)10-11-23/h11-12,17-20,25H,2-10,13H2,1H3/t17-,18-,19-,20+,21-,22+/m0/s1. The van der Waals surface area contributed by atoms with Crippen molar-refractivity contribution in [3.05, 3.63) is 23.8 Å². The number of aliphatic hydroxyl groups is 1. The van der Waals surface area contributed by atoms with Crippen LogP contribution in [0, 0.1) is 29.1 Å². The summed E-state index contributed by atoms with van der Waals surface area (Å²) in [6.07, 6.45) is 10.4. The van der Waals surface area contributed by atoms with Gasteiger partial charge in [0.05, 0.1) is 5.60 Å². The summed E-state index contributed by atoms with van der Waals surface area (Å²) in [5.41, 5.74) is 1.57. The highest BCUT2D eigenvalue weighted by atomic mass is 16.3. The molecule has 3 nitrogen and oxygen atoms in total. The molecule has 3 heteroatoms. The molecule has 0 bridgehead atoms. The van der Waals surface area contributed by atoms with Gasteiger partial charge in [-0.25, -0.2) is 0 Å². The van der Waals surface area contributed by atoms with E-state index in [9.17, 15) is 14.7 Å². The van der Waals surface area contributed by atoms with Crippen molar-refractivity contribution in [3.63, 3.8) is 0 Å². The predicted molar refractivity (Wildman–Crippen MR) is 96.9 cm³/mol. The smallest absolute Gasteiger partial charge is 0.155 e. The minimum absolute atomic E-state index is 0.183. The third kappa shape index (κ3) is 2.27. The first-order chi connectivity index (χ1) is 12.0. The maximum absolute atomic E-state index is 11.8. The molecule has 0 aromatic heterocycles. The molecular weight excluding hydrogens is 312 g/mol. The highest BCUT2D eigenvalue weighted by Crippen LogP contribution is 2.67. The molecule has 6 atom stereocenters. The van der Waals surface area contributed by atoms with Gasteiger partial charge in [0.1, 0.15) is 6.29 Å². The molecule has 0 aromatic carbocycles.